The van der Waals surface area contributed by atoms with E-state index in [0.717, 1.165) is 25.7 Å². The quantitative estimate of drug-likeness (QED) is 0.877. The summed E-state index contributed by atoms with van der Waals surface area (Å²) in [4.78, 5) is 4.30. The molecule has 6 heteroatoms. The number of rotatable bonds is 6. The first kappa shape index (κ1) is 16.2. The summed E-state index contributed by atoms with van der Waals surface area (Å²) in [5.74, 6) is 0. The van der Waals surface area contributed by atoms with Crippen molar-refractivity contribution in [2.24, 2.45) is 0 Å². The molecular weight excluding hydrogens is 286 g/mol. The minimum atomic E-state index is -3.50. The minimum absolute atomic E-state index is 0.128. The van der Waals surface area contributed by atoms with Crippen LogP contribution in [0.2, 0.25) is 0 Å². The fraction of sp³-hybridized carbons (Fsp3) is 0.667. The van der Waals surface area contributed by atoms with Crippen molar-refractivity contribution in [2.45, 2.75) is 56.9 Å². The predicted octanol–water partition coefficient (Wildman–Crippen LogP) is 2.86. The number of sulfonamides is 1. The van der Waals surface area contributed by atoms with E-state index in [2.05, 4.69) is 10.3 Å². The van der Waals surface area contributed by atoms with Gasteiger partial charge in [-0.05, 0) is 25.8 Å². The summed E-state index contributed by atoms with van der Waals surface area (Å²) in [6.45, 7) is 5.06. The Bertz CT molecular complexity index is 554. The lowest BCUT2D eigenvalue weighted by Crippen LogP contribution is -2.41. The van der Waals surface area contributed by atoms with Crippen LogP contribution in [0.3, 0.4) is 0 Å². The van der Waals surface area contributed by atoms with E-state index in [-0.39, 0.29) is 6.04 Å². The van der Waals surface area contributed by atoms with Gasteiger partial charge < -0.3 is 5.32 Å². The monoisotopic (exact) mass is 311 g/mol. The molecule has 21 heavy (non-hydrogen) atoms. The molecule has 0 bridgehead atoms. The third-order valence-corrected chi connectivity index (χ3v) is 6.09. The van der Waals surface area contributed by atoms with Gasteiger partial charge >= 0.3 is 0 Å². The normalized spacial score (nSPS) is 17.1. The largest absolute Gasteiger partial charge is 0.384 e. The van der Waals surface area contributed by atoms with E-state index in [0.29, 0.717) is 23.7 Å². The van der Waals surface area contributed by atoms with E-state index < -0.39 is 10.0 Å². The number of pyridine rings is 1. The van der Waals surface area contributed by atoms with Crippen molar-refractivity contribution >= 4 is 15.7 Å². The van der Waals surface area contributed by atoms with Crippen molar-refractivity contribution in [2.75, 3.05) is 18.4 Å². The molecule has 0 unspecified atom stereocenters. The molecule has 1 heterocycles. The van der Waals surface area contributed by atoms with Gasteiger partial charge in [0.15, 0.2) is 0 Å². The average Bonchev–Trinajstić information content (AvgIpc) is 2.49. The summed E-state index contributed by atoms with van der Waals surface area (Å²) < 4.78 is 27.7. The second-order valence-corrected chi connectivity index (χ2v) is 7.26. The number of hydrogen-bond donors (Lipinski definition) is 1. The summed E-state index contributed by atoms with van der Waals surface area (Å²) in [5, 5.41) is 3.12. The first-order valence-electron chi connectivity index (χ1n) is 7.81. The van der Waals surface area contributed by atoms with E-state index in [9.17, 15) is 8.42 Å². The van der Waals surface area contributed by atoms with Gasteiger partial charge in [0, 0.05) is 31.5 Å². The van der Waals surface area contributed by atoms with Gasteiger partial charge in [-0.15, -0.1) is 0 Å². The molecule has 1 aliphatic carbocycles. The van der Waals surface area contributed by atoms with E-state index in [4.69, 9.17) is 0 Å². The predicted molar refractivity (Wildman–Crippen MR) is 84.8 cm³/mol. The molecule has 0 spiro atoms. The third-order valence-electron chi connectivity index (χ3n) is 4.03. The molecule has 0 saturated heterocycles. The number of aromatic nitrogens is 1. The molecule has 2 rings (SSSR count). The number of nitrogens with one attached hydrogen (secondary N) is 1. The summed E-state index contributed by atoms with van der Waals surface area (Å²) in [6, 6.07) is 1.86. The topological polar surface area (TPSA) is 62.3 Å². The van der Waals surface area contributed by atoms with E-state index in [1.807, 2.05) is 13.8 Å². The Morgan fingerprint density at radius 2 is 2.00 bits per heavy atom. The van der Waals surface area contributed by atoms with Crippen molar-refractivity contribution in [3.05, 3.63) is 18.5 Å². The van der Waals surface area contributed by atoms with Crippen LogP contribution < -0.4 is 5.32 Å². The van der Waals surface area contributed by atoms with Gasteiger partial charge in [0.2, 0.25) is 10.0 Å². The maximum absolute atomic E-state index is 13.0. The standard InChI is InChI=1S/C15H25N3O2S/c1-3-17-14-10-11-16-12-15(14)21(19,20)18(4-2)13-8-6-5-7-9-13/h10-13H,3-9H2,1-2H3,(H,16,17). The summed E-state index contributed by atoms with van der Waals surface area (Å²) in [6.07, 6.45) is 8.44. The fourth-order valence-electron chi connectivity index (χ4n) is 3.04. The van der Waals surface area contributed by atoms with Gasteiger partial charge in [-0.25, -0.2) is 8.42 Å². The Morgan fingerprint density at radius 1 is 1.29 bits per heavy atom. The molecule has 1 aromatic rings. The van der Waals surface area contributed by atoms with Crippen LogP contribution in [0.15, 0.2) is 23.4 Å². The molecule has 118 valence electrons. The molecule has 0 radical (unpaired) electrons. The lowest BCUT2D eigenvalue weighted by molar-refractivity contribution is 0.261. The smallest absolute Gasteiger partial charge is 0.246 e. The molecular formula is C15H25N3O2S. The zero-order valence-corrected chi connectivity index (χ0v) is 13.7. The number of anilines is 1. The van der Waals surface area contributed by atoms with Crippen LogP contribution in [0.25, 0.3) is 0 Å². The number of nitrogens with zero attached hydrogens (tertiary/aromatic N) is 2. The van der Waals surface area contributed by atoms with E-state index >= 15 is 0 Å². The van der Waals surface area contributed by atoms with Crippen molar-refractivity contribution in [3.63, 3.8) is 0 Å². The molecule has 0 aliphatic heterocycles. The van der Waals surface area contributed by atoms with Gasteiger partial charge in [-0.3, -0.25) is 4.98 Å². The van der Waals surface area contributed by atoms with Crippen molar-refractivity contribution < 1.29 is 8.42 Å². The molecule has 1 N–H and O–H groups in total. The average molecular weight is 311 g/mol. The highest BCUT2D eigenvalue weighted by molar-refractivity contribution is 7.89. The van der Waals surface area contributed by atoms with Crippen LogP contribution in [0, 0.1) is 0 Å². The van der Waals surface area contributed by atoms with Gasteiger partial charge in [-0.1, -0.05) is 26.2 Å². The van der Waals surface area contributed by atoms with E-state index in [1.54, 1.807) is 16.6 Å². The van der Waals surface area contributed by atoms with Crippen LogP contribution in [0.4, 0.5) is 5.69 Å². The second-order valence-electron chi connectivity index (χ2n) is 5.40. The summed E-state index contributed by atoms with van der Waals surface area (Å²) in [5.41, 5.74) is 0.641. The fourth-order valence-corrected chi connectivity index (χ4v) is 4.85. The van der Waals surface area contributed by atoms with E-state index in [1.165, 1.54) is 12.6 Å². The first-order chi connectivity index (χ1) is 10.1. The van der Waals surface area contributed by atoms with Crippen molar-refractivity contribution in [3.8, 4) is 0 Å². The molecule has 0 aromatic carbocycles. The van der Waals surface area contributed by atoms with Crippen LogP contribution >= 0.6 is 0 Å². The highest BCUT2D eigenvalue weighted by atomic mass is 32.2. The molecule has 0 amide bonds. The maximum atomic E-state index is 13.0. The first-order valence-corrected chi connectivity index (χ1v) is 9.25. The Kier molecular flexibility index (Phi) is 5.58. The van der Waals surface area contributed by atoms with Crippen molar-refractivity contribution in [1.82, 2.24) is 9.29 Å². The second kappa shape index (κ2) is 7.22. The third kappa shape index (κ3) is 3.55. The number of hydrogen-bond acceptors (Lipinski definition) is 4. The molecule has 1 aliphatic rings. The van der Waals surface area contributed by atoms with Crippen LogP contribution in [-0.2, 0) is 10.0 Å². The van der Waals surface area contributed by atoms with Gasteiger partial charge in [0.1, 0.15) is 4.90 Å². The molecule has 5 nitrogen and oxygen atoms in total. The molecule has 1 aromatic heterocycles. The Balaban J connectivity index is 2.34. The van der Waals surface area contributed by atoms with Gasteiger partial charge in [-0.2, -0.15) is 4.31 Å². The molecule has 0 atom stereocenters. The maximum Gasteiger partial charge on any atom is 0.246 e. The lowest BCUT2D eigenvalue weighted by Gasteiger charge is -2.33. The zero-order valence-electron chi connectivity index (χ0n) is 12.9. The molecule has 1 fully saturated rings. The lowest BCUT2D eigenvalue weighted by atomic mass is 9.95. The van der Waals surface area contributed by atoms with Gasteiger partial charge in [0.05, 0.1) is 5.69 Å². The Morgan fingerprint density at radius 3 is 2.62 bits per heavy atom. The van der Waals surface area contributed by atoms with Crippen LogP contribution in [0.1, 0.15) is 46.0 Å². The van der Waals surface area contributed by atoms with Crippen LogP contribution in [-0.4, -0.2) is 36.8 Å². The Hall–Kier alpha value is -1.14. The highest BCUT2D eigenvalue weighted by Crippen LogP contribution is 2.30. The highest BCUT2D eigenvalue weighted by Gasteiger charge is 2.32. The minimum Gasteiger partial charge on any atom is -0.384 e. The SMILES string of the molecule is CCNc1ccncc1S(=O)(=O)N(CC)C1CCCCC1. The summed E-state index contributed by atoms with van der Waals surface area (Å²) in [7, 11) is -3.50. The molecule has 1 saturated carbocycles. The van der Waals surface area contributed by atoms with Crippen LogP contribution in [0.5, 0.6) is 0 Å². The summed E-state index contributed by atoms with van der Waals surface area (Å²) >= 11 is 0. The van der Waals surface area contributed by atoms with Crippen molar-refractivity contribution in [1.29, 1.82) is 0 Å². The Labute approximate surface area is 127 Å². The zero-order chi connectivity index (χ0) is 15.3. The van der Waals surface area contributed by atoms with Gasteiger partial charge in [0.25, 0.3) is 0 Å².